The Morgan fingerprint density at radius 1 is 1.14 bits per heavy atom. The number of carbonyl (C=O) groups excluding carboxylic acids is 3. The van der Waals surface area contributed by atoms with Crippen LogP contribution in [0.15, 0.2) is 42.5 Å². The van der Waals surface area contributed by atoms with E-state index in [4.69, 9.17) is 11.6 Å². The smallest absolute Gasteiger partial charge is 0.256 e. The number of aryl methyl sites for hydroxylation is 1. The SMILES string of the molecule is Cc1[nH]c(/C=C2\C(=O)Nc3ccc(C(=O)N[C@H](C)Cc4ccc(F)cc4)cc32)c(C)c1NC(=O)CCl. The van der Waals surface area contributed by atoms with Crippen LogP contribution in [-0.2, 0) is 16.0 Å². The zero-order valence-corrected chi connectivity index (χ0v) is 20.8. The average molecular weight is 509 g/mol. The summed E-state index contributed by atoms with van der Waals surface area (Å²) in [5.74, 6) is -1.35. The minimum absolute atomic E-state index is 0.163. The summed E-state index contributed by atoms with van der Waals surface area (Å²) in [5.41, 5.74) is 5.73. The molecule has 4 N–H and O–H groups in total. The normalized spacial score (nSPS) is 14.4. The van der Waals surface area contributed by atoms with Gasteiger partial charge in [-0.1, -0.05) is 12.1 Å². The third-order valence-electron chi connectivity index (χ3n) is 6.05. The van der Waals surface area contributed by atoms with Crippen LogP contribution in [0.4, 0.5) is 15.8 Å². The predicted octanol–water partition coefficient (Wildman–Crippen LogP) is 4.80. The van der Waals surface area contributed by atoms with Crippen molar-refractivity contribution in [2.24, 2.45) is 0 Å². The highest BCUT2D eigenvalue weighted by atomic mass is 35.5. The number of rotatable bonds is 7. The zero-order chi connectivity index (χ0) is 26.0. The van der Waals surface area contributed by atoms with Crippen LogP contribution < -0.4 is 16.0 Å². The number of halogens is 2. The molecular formula is C27H26ClFN4O3. The molecule has 2 heterocycles. The van der Waals surface area contributed by atoms with Gasteiger partial charge in [-0.25, -0.2) is 4.39 Å². The summed E-state index contributed by atoms with van der Waals surface area (Å²) in [7, 11) is 0. The van der Waals surface area contributed by atoms with Gasteiger partial charge in [0.25, 0.3) is 11.8 Å². The number of carbonyl (C=O) groups is 3. The molecule has 0 saturated heterocycles. The van der Waals surface area contributed by atoms with Crippen molar-refractivity contribution >= 4 is 52.3 Å². The van der Waals surface area contributed by atoms with E-state index in [0.29, 0.717) is 40.2 Å². The molecule has 0 radical (unpaired) electrons. The van der Waals surface area contributed by atoms with Gasteiger partial charge in [0.15, 0.2) is 0 Å². The van der Waals surface area contributed by atoms with Gasteiger partial charge in [-0.2, -0.15) is 0 Å². The molecule has 9 heteroatoms. The Kier molecular flexibility index (Phi) is 7.26. The molecule has 0 fully saturated rings. The van der Waals surface area contributed by atoms with Crippen molar-refractivity contribution in [3.8, 4) is 0 Å². The Bertz CT molecular complexity index is 1380. The van der Waals surface area contributed by atoms with E-state index in [1.54, 1.807) is 36.4 Å². The minimum Gasteiger partial charge on any atom is -0.357 e. The summed E-state index contributed by atoms with van der Waals surface area (Å²) < 4.78 is 13.1. The third kappa shape index (κ3) is 5.33. The number of fused-ring (bicyclic) bond motifs is 1. The molecule has 7 nitrogen and oxygen atoms in total. The lowest BCUT2D eigenvalue weighted by Crippen LogP contribution is -2.34. The number of hydrogen-bond acceptors (Lipinski definition) is 3. The number of aromatic amines is 1. The standard InChI is InChI=1S/C27H26ClFN4O3/c1-14(10-17-4-7-19(29)8-5-17)30-26(35)18-6-9-22-20(11-18)21(27(36)32-22)12-23-15(2)25(16(3)31-23)33-24(34)13-28/h4-9,11-12,14,31H,10,13H2,1-3H3,(H,30,35)(H,32,36)(H,33,34)/b21-12-/t14-/m1/s1. The molecule has 0 bridgehead atoms. The van der Waals surface area contributed by atoms with Gasteiger partial charge < -0.3 is 20.9 Å². The van der Waals surface area contributed by atoms with Crippen LogP contribution in [-0.4, -0.2) is 34.6 Å². The van der Waals surface area contributed by atoms with Crippen molar-refractivity contribution < 1.29 is 18.8 Å². The largest absolute Gasteiger partial charge is 0.357 e. The van der Waals surface area contributed by atoms with Crippen LogP contribution in [0.2, 0.25) is 0 Å². The highest BCUT2D eigenvalue weighted by Crippen LogP contribution is 2.35. The molecule has 3 amide bonds. The topological polar surface area (TPSA) is 103 Å². The molecule has 2 aromatic carbocycles. The maximum absolute atomic E-state index is 13.1. The second-order valence-corrected chi connectivity index (χ2v) is 9.09. The molecule has 0 saturated carbocycles. The molecule has 1 aromatic heterocycles. The summed E-state index contributed by atoms with van der Waals surface area (Å²) >= 11 is 5.61. The van der Waals surface area contributed by atoms with E-state index >= 15 is 0 Å². The Morgan fingerprint density at radius 2 is 1.86 bits per heavy atom. The first-order chi connectivity index (χ1) is 17.2. The summed E-state index contributed by atoms with van der Waals surface area (Å²) in [6, 6.07) is 11.0. The van der Waals surface area contributed by atoms with Crippen LogP contribution in [0.25, 0.3) is 11.6 Å². The Morgan fingerprint density at radius 3 is 2.56 bits per heavy atom. The van der Waals surface area contributed by atoms with Crippen LogP contribution in [0, 0.1) is 19.7 Å². The van der Waals surface area contributed by atoms with Gasteiger partial charge in [-0.3, -0.25) is 14.4 Å². The number of alkyl halides is 1. The lowest BCUT2D eigenvalue weighted by atomic mass is 10.0. The summed E-state index contributed by atoms with van der Waals surface area (Å²) in [4.78, 5) is 40.6. The zero-order valence-electron chi connectivity index (χ0n) is 20.1. The Balaban J connectivity index is 1.56. The van der Waals surface area contributed by atoms with Crippen LogP contribution in [0.5, 0.6) is 0 Å². The van der Waals surface area contributed by atoms with E-state index in [-0.39, 0.29) is 35.5 Å². The molecule has 0 aliphatic carbocycles. The fraction of sp³-hybridized carbons (Fsp3) is 0.222. The second kappa shape index (κ2) is 10.4. The van der Waals surface area contributed by atoms with Crippen molar-refractivity contribution in [1.29, 1.82) is 0 Å². The average Bonchev–Trinajstić information content (AvgIpc) is 3.30. The minimum atomic E-state index is -0.325. The maximum atomic E-state index is 13.1. The van der Waals surface area contributed by atoms with Gasteiger partial charge in [0.2, 0.25) is 5.91 Å². The fourth-order valence-electron chi connectivity index (χ4n) is 4.23. The number of hydrogen-bond donors (Lipinski definition) is 4. The molecule has 1 aliphatic rings. The van der Waals surface area contributed by atoms with E-state index in [1.165, 1.54) is 12.1 Å². The van der Waals surface area contributed by atoms with Crippen LogP contribution in [0.3, 0.4) is 0 Å². The number of H-pyrrole nitrogens is 1. The summed E-state index contributed by atoms with van der Waals surface area (Å²) in [5, 5.41) is 8.54. The monoisotopic (exact) mass is 508 g/mol. The van der Waals surface area contributed by atoms with Crippen molar-refractivity contribution in [3.05, 3.63) is 81.9 Å². The van der Waals surface area contributed by atoms with Gasteiger partial charge in [0, 0.05) is 34.2 Å². The highest BCUT2D eigenvalue weighted by molar-refractivity contribution is 6.35. The number of amides is 3. The fourth-order valence-corrected chi connectivity index (χ4v) is 4.29. The first-order valence-corrected chi connectivity index (χ1v) is 12.0. The quantitative estimate of drug-likeness (QED) is 0.272. The highest BCUT2D eigenvalue weighted by Gasteiger charge is 2.26. The molecule has 1 atom stereocenters. The summed E-state index contributed by atoms with van der Waals surface area (Å²) in [6.07, 6.45) is 2.26. The van der Waals surface area contributed by atoms with E-state index in [0.717, 1.165) is 16.8 Å². The van der Waals surface area contributed by atoms with Crippen molar-refractivity contribution in [2.45, 2.75) is 33.2 Å². The van der Waals surface area contributed by atoms with Gasteiger partial charge in [0.1, 0.15) is 11.7 Å². The Labute approximate surface area is 213 Å². The van der Waals surface area contributed by atoms with E-state index in [2.05, 4.69) is 20.9 Å². The first kappa shape index (κ1) is 25.2. The molecule has 4 rings (SSSR count). The lowest BCUT2D eigenvalue weighted by molar-refractivity contribution is -0.114. The van der Waals surface area contributed by atoms with Crippen molar-refractivity contribution in [2.75, 3.05) is 16.5 Å². The van der Waals surface area contributed by atoms with Crippen LogP contribution >= 0.6 is 11.6 Å². The van der Waals surface area contributed by atoms with Gasteiger partial charge >= 0.3 is 0 Å². The molecule has 1 aliphatic heterocycles. The number of anilines is 2. The van der Waals surface area contributed by atoms with Gasteiger partial charge in [0.05, 0.1) is 11.3 Å². The van der Waals surface area contributed by atoms with E-state index < -0.39 is 0 Å². The number of benzene rings is 2. The van der Waals surface area contributed by atoms with Crippen LogP contribution in [0.1, 0.15) is 45.4 Å². The molecule has 0 spiro atoms. The van der Waals surface area contributed by atoms with E-state index in [9.17, 15) is 18.8 Å². The molecule has 186 valence electrons. The first-order valence-electron chi connectivity index (χ1n) is 11.4. The molecular weight excluding hydrogens is 483 g/mol. The maximum Gasteiger partial charge on any atom is 0.256 e. The molecule has 36 heavy (non-hydrogen) atoms. The Hall–Kier alpha value is -3.91. The van der Waals surface area contributed by atoms with E-state index in [1.807, 2.05) is 20.8 Å². The lowest BCUT2D eigenvalue weighted by Gasteiger charge is -2.14. The van der Waals surface area contributed by atoms with Crippen molar-refractivity contribution in [1.82, 2.24) is 10.3 Å². The van der Waals surface area contributed by atoms with Crippen molar-refractivity contribution in [3.63, 3.8) is 0 Å². The second-order valence-electron chi connectivity index (χ2n) is 8.82. The van der Waals surface area contributed by atoms with Gasteiger partial charge in [-0.15, -0.1) is 11.6 Å². The summed E-state index contributed by atoms with van der Waals surface area (Å²) in [6.45, 7) is 5.53. The molecule has 3 aromatic rings. The third-order valence-corrected chi connectivity index (χ3v) is 6.29. The van der Waals surface area contributed by atoms with Gasteiger partial charge in [-0.05, 0) is 74.7 Å². The predicted molar refractivity (Wildman–Crippen MR) is 140 cm³/mol. The number of nitrogens with one attached hydrogen (secondary N) is 4. The molecule has 0 unspecified atom stereocenters. The number of aromatic nitrogens is 1.